The third kappa shape index (κ3) is 5.60. The van der Waals surface area contributed by atoms with Crippen LogP contribution in [0.4, 0.5) is 19.3 Å². The van der Waals surface area contributed by atoms with Gasteiger partial charge in [0.2, 0.25) is 5.91 Å². The van der Waals surface area contributed by atoms with E-state index in [1.807, 2.05) is 13.1 Å². The van der Waals surface area contributed by atoms with Crippen molar-refractivity contribution >= 4 is 28.6 Å². The number of hydrogen-bond donors (Lipinski definition) is 1. The van der Waals surface area contributed by atoms with Crippen LogP contribution in [0.5, 0.6) is 0 Å². The number of hydrogen-bond acceptors (Lipinski definition) is 4. The maximum absolute atomic E-state index is 13.7. The van der Waals surface area contributed by atoms with Crippen LogP contribution in [0.15, 0.2) is 42.6 Å². The van der Waals surface area contributed by atoms with E-state index in [2.05, 4.69) is 10.4 Å². The molecule has 32 heavy (non-hydrogen) atoms. The van der Waals surface area contributed by atoms with Crippen LogP contribution in [0.25, 0.3) is 10.9 Å². The standard InChI is InChI=1S/C23H26F2N4O3/c1-23(2,3)32-22(31)27-19(10-14-8-16(24)12-17(25)9-14)21(30)28(4)18-6-7-20-15(11-18)13-26-29(20)5/h6-9,11-13,19H,10H2,1-5H3,(H,27,31)/t19-/m0/s1. The first kappa shape index (κ1) is 23.2. The highest BCUT2D eigenvalue weighted by atomic mass is 19.1. The lowest BCUT2D eigenvalue weighted by Crippen LogP contribution is -2.50. The van der Waals surface area contributed by atoms with Gasteiger partial charge in [-0.15, -0.1) is 0 Å². The number of fused-ring (bicyclic) bond motifs is 1. The van der Waals surface area contributed by atoms with Gasteiger partial charge >= 0.3 is 6.09 Å². The van der Waals surface area contributed by atoms with E-state index in [9.17, 15) is 18.4 Å². The van der Waals surface area contributed by atoms with Crippen LogP contribution < -0.4 is 10.2 Å². The maximum atomic E-state index is 13.7. The van der Waals surface area contributed by atoms with Crippen LogP contribution in [-0.2, 0) is 23.0 Å². The van der Waals surface area contributed by atoms with Crippen LogP contribution in [-0.4, -0.2) is 40.5 Å². The first-order chi connectivity index (χ1) is 14.9. The van der Waals surface area contributed by atoms with Crippen LogP contribution in [0, 0.1) is 11.6 Å². The topological polar surface area (TPSA) is 76.5 Å². The zero-order valence-electron chi connectivity index (χ0n) is 18.6. The fourth-order valence-corrected chi connectivity index (χ4v) is 3.34. The highest BCUT2D eigenvalue weighted by Gasteiger charge is 2.28. The Morgan fingerprint density at radius 2 is 1.81 bits per heavy atom. The maximum Gasteiger partial charge on any atom is 0.408 e. The molecule has 0 bridgehead atoms. The number of amides is 2. The second-order valence-electron chi connectivity index (χ2n) is 8.59. The van der Waals surface area contributed by atoms with Gasteiger partial charge in [0.1, 0.15) is 23.3 Å². The molecule has 3 rings (SSSR count). The van der Waals surface area contributed by atoms with Crippen LogP contribution in [0.3, 0.4) is 0 Å². The lowest BCUT2D eigenvalue weighted by molar-refractivity contribution is -0.120. The molecule has 7 nitrogen and oxygen atoms in total. The van der Waals surface area contributed by atoms with E-state index in [0.29, 0.717) is 5.69 Å². The van der Waals surface area contributed by atoms with E-state index in [0.717, 1.165) is 29.1 Å². The fourth-order valence-electron chi connectivity index (χ4n) is 3.34. The summed E-state index contributed by atoms with van der Waals surface area (Å²) in [6.07, 6.45) is 0.763. The predicted octanol–water partition coefficient (Wildman–Crippen LogP) is 3.95. The van der Waals surface area contributed by atoms with Crippen molar-refractivity contribution in [2.45, 2.75) is 38.8 Å². The summed E-state index contributed by atoms with van der Waals surface area (Å²) in [6, 6.07) is 7.28. The van der Waals surface area contributed by atoms with Crippen LogP contribution in [0.1, 0.15) is 26.3 Å². The number of rotatable bonds is 5. The van der Waals surface area contributed by atoms with Gasteiger partial charge in [-0.2, -0.15) is 5.10 Å². The Bertz CT molecular complexity index is 1130. The lowest BCUT2D eigenvalue weighted by Gasteiger charge is -2.27. The number of nitrogens with one attached hydrogen (secondary N) is 1. The molecule has 2 aromatic carbocycles. The molecular formula is C23H26F2N4O3. The molecule has 0 fully saturated rings. The molecule has 0 radical (unpaired) electrons. The number of likely N-dealkylation sites (N-methyl/N-ethyl adjacent to an activating group) is 1. The summed E-state index contributed by atoms with van der Waals surface area (Å²) in [6.45, 7) is 5.09. The minimum atomic E-state index is -1.11. The monoisotopic (exact) mass is 444 g/mol. The van der Waals surface area contributed by atoms with Gasteiger partial charge < -0.3 is 15.0 Å². The molecule has 1 heterocycles. The number of ether oxygens (including phenoxy) is 1. The van der Waals surface area contributed by atoms with E-state index < -0.39 is 35.3 Å². The minimum absolute atomic E-state index is 0.119. The minimum Gasteiger partial charge on any atom is -0.444 e. The number of anilines is 1. The van der Waals surface area contributed by atoms with Gasteiger partial charge in [0.15, 0.2) is 0 Å². The number of carbonyl (C=O) groups is 2. The van der Waals surface area contributed by atoms with Crippen molar-refractivity contribution in [3.63, 3.8) is 0 Å². The summed E-state index contributed by atoms with van der Waals surface area (Å²) in [5, 5.41) is 7.57. The number of halogens is 2. The smallest absolute Gasteiger partial charge is 0.408 e. The average molecular weight is 444 g/mol. The third-order valence-corrected chi connectivity index (χ3v) is 4.80. The van der Waals surface area contributed by atoms with Crippen LogP contribution >= 0.6 is 0 Å². The van der Waals surface area contributed by atoms with Crippen molar-refractivity contribution in [3.8, 4) is 0 Å². The molecule has 0 saturated heterocycles. The zero-order chi connectivity index (χ0) is 23.6. The van der Waals surface area contributed by atoms with E-state index in [-0.39, 0.29) is 12.0 Å². The van der Waals surface area contributed by atoms with Gasteiger partial charge in [-0.05, 0) is 56.7 Å². The van der Waals surface area contributed by atoms with Crippen molar-refractivity contribution in [1.29, 1.82) is 0 Å². The fraction of sp³-hybridized carbons (Fsp3) is 0.348. The number of alkyl carbamates (subject to hydrolysis) is 1. The Kier molecular flexibility index (Phi) is 6.47. The second-order valence-corrected chi connectivity index (χ2v) is 8.59. The van der Waals surface area contributed by atoms with E-state index in [1.54, 1.807) is 50.8 Å². The summed E-state index contributed by atoms with van der Waals surface area (Å²) < 4.78 is 34.4. The molecule has 2 amide bonds. The summed E-state index contributed by atoms with van der Waals surface area (Å²) in [7, 11) is 3.38. The Morgan fingerprint density at radius 1 is 1.16 bits per heavy atom. The zero-order valence-corrected chi connectivity index (χ0v) is 18.6. The van der Waals surface area contributed by atoms with Gasteiger partial charge in [-0.3, -0.25) is 9.48 Å². The molecule has 1 aromatic heterocycles. The van der Waals surface area contributed by atoms with Gasteiger partial charge in [0.05, 0.1) is 11.7 Å². The number of aryl methyl sites for hydroxylation is 1. The van der Waals surface area contributed by atoms with Gasteiger partial charge in [0.25, 0.3) is 0 Å². The SMILES string of the molecule is CN(C(=O)[C@H](Cc1cc(F)cc(F)c1)NC(=O)OC(C)(C)C)c1ccc2c(cnn2C)c1. The molecule has 170 valence electrons. The van der Waals surface area contributed by atoms with Gasteiger partial charge in [-0.25, -0.2) is 13.6 Å². The number of nitrogens with zero attached hydrogens (tertiary/aromatic N) is 3. The molecule has 0 aliphatic carbocycles. The van der Waals surface area contributed by atoms with E-state index in [4.69, 9.17) is 4.74 Å². The molecular weight excluding hydrogens is 418 g/mol. The Morgan fingerprint density at radius 3 is 2.44 bits per heavy atom. The van der Waals surface area contributed by atoms with Crippen molar-refractivity contribution in [2.24, 2.45) is 7.05 Å². The van der Waals surface area contributed by atoms with Crippen molar-refractivity contribution in [3.05, 3.63) is 59.8 Å². The highest BCUT2D eigenvalue weighted by Crippen LogP contribution is 2.22. The first-order valence-electron chi connectivity index (χ1n) is 10.1. The Labute approximate surface area is 185 Å². The Hall–Kier alpha value is -3.49. The summed E-state index contributed by atoms with van der Waals surface area (Å²) in [5.41, 5.74) is 0.929. The number of carbonyl (C=O) groups excluding carboxylic acids is 2. The summed E-state index contributed by atoms with van der Waals surface area (Å²) in [5.74, 6) is -2.00. The van der Waals surface area contributed by atoms with Crippen molar-refractivity contribution in [1.82, 2.24) is 15.1 Å². The molecule has 0 unspecified atom stereocenters. The second kappa shape index (κ2) is 8.94. The van der Waals surface area contributed by atoms with Crippen molar-refractivity contribution in [2.75, 3.05) is 11.9 Å². The quantitative estimate of drug-likeness (QED) is 0.647. The summed E-state index contributed by atoms with van der Waals surface area (Å²) >= 11 is 0. The molecule has 9 heteroatoms. The lowest BCUT2D eigenvalue weighted by atomic mass is 10.0. The molecule has 1 N–H and O–H groups in total. The van der Waals surface area contributed by atoms with Crippen molar-refractivity contribution < 1.29 is 23.1 Å². The molecule has 0 spiro atoms. The molecule has 3 aromatic rings. The number of benzene rings is 2. The Balaban J connectivity index is 1.88. The van der Waals surface area contributed by atoms with Gasteiger partial charge in [0, 0.05) is 37.7 Å². The molecule has 0 aliphatic heterocycles. The van der Waals surface area contributed by atoms with Crippen LogP contribution in [0.2, 0.25) is 0 Å². The molecule has 0 saturated carbocycles. The van der Waals surface area contributed by atoms with Gasteiger partial charge in [-0.1, -0.05) is 0 Å². The molecule has 1 atom stereocenters. The summed E-state index contributed by atoms with van der Waals surface area (Å²) in [4.78, 5) is 27.1. The average Bonchev–Trinajstić information content (AvgIpc) is 3.04. The normalized spacial score (nSPS) is 12.5. The largest absolute Gasteiger partial charge is 0.444 e. The van der Waals surface area contributed by atoms with E-state index in [1.165, 1.54) is 4.90 Å². The third-order valence-electron chi connectivity index (χ3n) is 4.80. The highest BCUT2D eigenvalue weighted by molar-refractivity contribution is 6.00. The molecule has 0 aliphatic rings. The van der Waals surface area contributed by atoms with E-state index >= 15 is 0 Å². The predicted molar refractivity (Wildman–Crippen MR) is 117 cm³/mol. The number of aromatic nitrogens is 2. The first-order valence-corrected chi connectivity index (χ1v) is 10.1.